The number of halogens is 1. The molecule has 0 bridgehead atoms. The maximum absolute atomic E-state index is 13.4. The molecule has 0 radical (unpaired) electrons. The van der Waals surface area contributed by atoms with Crippen LogP contribution in [0.4, 0.5) is 15.3 Å². The van der Waals surface area contributed by atoms with Crippen LogP contribution in [0.15, 0.2) is 36.0 Å². The minimum atomic E-state index is -0.321. The Morgan fingerprint density at radius 1 is 1.25 bits per heavy atom. The zero-order valence-corrected chi connectivity index (χ0v) is 21.8. The van der Waals surface area contributed by atoms with Crippen molar-refractivity contribution in [3.8, 4) is 17.3 Å². The molecule has 1 aromatic carbocycles. The van der Waals surface area contributed by atoms with E-state index in [4.69, 9.17) is 15.1 Å². The van der Waals surface area contributed by atoms with E-state index in [1.54, 1.807) is 23.5 Å². The number of thiazole rings is 1. The van der Waals surface area contributed by atoms with Gasteiger partial charge in [-0.05, 0) is 50.6 Å². The van der Waals surface area contributed by atoms with E-state index in [2.05, 4.69) is 29.3 Å². The molecule has 36 heavy (non-hydrogen) atoms. The van der Waals surface area contributed by atoms with Crippen molar-refractivity contribution in [1.82, 2.24) is 29.8 Å². The van der Waals surface area contributed by atoms with Crippen molar-refractivity contribution in [3.63, 3.8) is 0 Å². The molecule has 3 aromatic heterocycles. The SMILES string of the molecule is CCc1nc2sc(C3CC(NC)N4CCC=C34)nn2c1N(C)c1nc(-c2ccc(F)cc2)c(C#N)s1. The minimum Gasteiger partial charge on any atom is -0.359 e. The Morgan fingerprint density at radius 3 is 2.78 bits per heavy atom. The zero-order chi connectivity index (χ0) is 25.0. The summed E-state index contributed by atoms with van der Waals surface area (Å²) in [5.41, 5.74) is 3.56. The molecule has 2 unspecified atom stereocenters. The molecule has 2 atom stereocenters. The highest BCUT2D eigenvalue weighted by atomic mass is 32.1. The van der Waals surface area contributed by atoms with Crippen LogP contribution in [0.1, 0.15) is 41.3 Å². The van der Waals surface area contributed by atoms with Crippen molar-refractivity contribution < 1.29 is 4.39 Å². The van der Waals surface area contributed by atoms with Gasteiger partial charge in [0, 0.05) is 24.9 Å². The molecule has 2 aliphatic heterocycles. The predicted molar refractivity (Wildman–Crippen MR) is 140 cm³/mol. The molecule has 1 N–H and O–H groups in total. The summed E-state index contributed by atoms with van der Waals surface area (Å²) in [6, 6.07) is 8.32. The van der Waals surface area contributed by atoms with Gasteiger partial charge < -0.3 is 15.1 Å². The number of benzene rings is 1. The van der Waals surface area contributed by atoms with Crippen LogP contribution >= 0.6 is 22.7 Å². The highest BCUT2D eigenvalue weighted by molar-refractivity contribution is 7.17. The molecule has 2 aliphatic rings. The molecular formula is C25H25FN8S2. The smallest absolute Gasteiger partial charge is 0.214 e. The molecule has 0 spiro atoms. The van der Waals surface area contributed by atoms with Gasteiger partial charge in [-0.25, -0.2) is 14.4 Å². The van der Waals surface area contributed by atoms with E-state index in [1.165, 1.54) is 29.2 Å². The van der Waals surface area contributed by atoms with Crippen LogP contribution in [-0.4, -0.2) is 51.3 Å². The average molecular weight is 521 g/mol. The van der Waals surface area contributed by atoms with Crippen molar-refractivity contribution in [2.75, 3.05) is 25.5 Å². The molecule has 11 heteroatoms. The molecular weight excluding hydrogens is 495 g/mol. The molecule has 1 fully saturated rings. The second kappa shape index (κ2) is 8.96. The number of allylic oxidation sites excluding steroid dienone is 1. The maximum atomic E-state index is 13.4. The first kappa shape index (κ1) is 23.1. The van der Waals surface area contributed by atoms with Gasteiger partial charge in [0.2, 0.25) is 4.96 Å². The van der Waals surface area contributed by atoms with E-state index in [0.29, 0.717) is 27.4 Å². The average Bonchev–Trinajstić information content (AvgIpc) is 3.69. The number of nitrogens with zero attached hydrogens (tertiary/aromatic N) is 7. The summed E-state index contributed by atoms with van der Waals surface area (Å²) in [6.07, 6.45) is 5.48. The number of aryl methyl sites for hydroxylation is 1. The summed E-state index contributed by atoms with van der Waals surface area (Å²) in [5, 5.41) is 20.0. The largest absolute Gasteiger partial charge is 0.359 e. The van der Waals surface area contributed by atoms with Crippen molar-refractivity contribution in [1.29, 1.82) is 5.26 Å². The first-order valence-electron chi connectivity index (χ1n) is 11.9. The fourth-order valence-corrected chi connectivity index (χ4v) is 7.07. The number of nitriles is 1. The van der Waals surface area contributed by atoms with Gasteiger partial charge in [0.25, 0.3) is 0 Å². The molecule has 0 amide bonds. The Morgan fingerprint density at radius 2 is 2.06 bits per heavy atom. The second-order valence-corrected chi connectivity index (χ2v) is 10.9. The highest BCUT2D eigenvalue weighted by Crippen LogP contribution is 2.44. The lowest BCUT2D eigenvalue weighted by Crippen LogP contribution is -2.36. The van der Waals surface area contributed by atoms with Crippen LogP contribution in [0.3, 0.4) is 0 Å². The molecule has 0 aliphatic carbocycles. The quantitative estimate of drug-likeness (QED) is 0.388. The summed E-state index contributed by atoms with van der Waals surface area (Å²) in [4.78, 5) is 15.5. The zero-order valence-electron chi connectivity index (χ0n) is 20.2. The first-order valence-corrected chi connectivity index (χ1v) is 13.6. The lowest BCUT2D eigenvalue weighted by atomic mass is 10.1. The summed E-state index contributed by atoms with van der Waals surface area (Å²) in [7, 11) is 3.95. The number of nitrogens with one attached hydrogen (secondary N) is 1. The predicted octanol–water partition coefficient (Wildman–Crippen LogP) is 4.88. The monoisotopic (exact) mass is 520 g/mol. The van der Waals surface area contributed by atoms with Crippen molar-refractivity contribution in [2.24, 2.45) is 0 Å². The fraction of sp³-hybridized carbons (Fsp3) is 0.360. The van der Waals surface area contributed by atoms with E-state index in [1.807, 2.05) is 23.5 Å². The number of aromatic nitrogens is 4. The third kappa shape index (κ3) is 3.59. The molecule has 0 saturated carbocycles. The van der Waals surface area contributed by atoms with E-state index in [-0.39, 0.29) is 11.7 Å². The first-order chi connectivity index (χ1) is 17.5. The van der Waals surface area contributed by atoms with Crippen molar-refractivity contribution in [2.45, 2.75) is 38.3 Å². The van der Waals surface area contributed by atoms with Gasteiger partial charge in [-0.3, -0.25) is 0 Å². The van der Waals surface area contributed by atoms with Gasteiger partial charge in [-0.2, -0.15) is 14.9 Å². The van der Waals surface area contributed by atoms with E-state index in [0.717, 1.165) is 47.3 Å². The van der Waals surface area contributed by atoms with Gasteiger partial charge >= 0.3 is 0 Å². The minimum absolute atomic E-state index is 0.259. The van der Waals surface area contributed by atoms with E-state index in [9.17, 15) is 9.65 Å². The third-order valence-electron chi connectivity index (χ3n) is 6.92. The van der Waals surface area contributed by atoms with E-state index < -0.39 is 0 Å². The van der Waals surface area contributed by atoms with Gasteiger partial charge in [0.1, 0.15) is 27.5 Å². The standard InChI is InChI=1S/C25H25FN8S2/c1-4-17-23(32(3)24-30-21(19(13-27)35-24)14-7-9-15(26)10-8-14)34-25(29-17)36-22(31-34)16-12-20(28-2)33-11-5-6-18(16)33/h6-10,16,20,28H,4-5,11-12H2,1-3H3. The number of hydrogen-bond donors (Lipinski definition) is 1. The Balaban J connectivity index is 1.39. The number of fused-ring (bicyclic) bond motifs is 2. The Hall–Kier alpha value is -3.33. The topological polar surface area (TPSA) is 85.4 Å². The third-order valence-corrected chi connectivity index (χ3v) is 8.98. The van der Waals surface area contributed by atoms with Crippen LogP contribution < -0.4 is 10.2 Å². The van der Waals surface area contributed by atoms with Crippen LogP contribution in [-0.2, 0) is 6.42 Å². The van der Waals surface area contributed by atoms with Crippen LogP contribution in [0.25, 0.3) is 16.2 Å². The molecule has 4 aromatic rings. The number of anilines is 2. The molecule has 6 rings (SSSR count). The van der Waals surface area contributed by atoms with Gasteiger partial charge in [-0.15, -0.1) is 0 Å². The molecule has 5 heterocycles. The molecule has 8 nitrogen and oxygen atoms in total. The number of hydrogen-bond acceptors (Lipinski definition) is 9. The number of imidazole rings is 1. The molecule has 1 saturated heterocycles. The maximum Gasteiger partial charge on any atom is 0.214 e. The normalized spacial score (nSPS) is 19.1. The Kier molecular flexibility index (Phi) is 5.75. The van der Waals surface area contributed by atoms with Gasteiger partial charge in [0.15, 0.2) is 10.9 Å². The summed E-state index contributed by atoms with van der Waals surface area (Å²) < 4.78 is 15.4. The van der Waals surface area contributed by atoms with Gasteiger partial charge in [-0.1, -0.05) is 35.7 Å². The Bertz CT molecular complexity index is 1510. The highest BCUT2D eigenvalue weighted by Gasteiger charge is 2.40. The van der Waals surface area contributed by atoms with Crippen LogP contribution in [0.5, 0.6) is 0 Å². The number of rotatable bonds is 6. The molecule has 184 valence electrons. The van der Waals surface area contributed by atoms with Crippen LogP contribution in [0, 0.1) is 17.1 Å². The van der Waals surface area contributed by atoms with E-state index >= 15 is 0 Å². The summed E-state index contributed by atoms with van der Waals surface area (Å²) in [5.74, 6) is 0.799. The summed E-state index contributed by atoms with van der Waals surface area (Å²) >= 11 is 2.95. The Labute approximate surface area is 216 Å². The lowest BCUT2D eigenvalue weighted by molar-refractivity contribution is 0.282. The lowest BCUT2D eigenvalue weighted by Gasteiger charge is -2.22. The summed E-state index contributed by atoms with van der Waals surface area (Å²) in [6.45, 7) is 3.13. The van der Waals surface area contributed by atoms with Crippen molar-refractivity contribution in [3.05, 3.63) is 57.4 Å². The second-order valence-electron chi connectivity index (χ2n) is 8.93. The van der Waals surface area contributed by atoms with Crippen molar-refractivity contribution >= 4 is 38.6 Å². The van der Waals surface area contributed by atoms with Crippen LogP contribution in [0.2, 0.25) is 0 Å². The van der Waals surface area contributed by atoms with Gasteiger partial charge in [0.05, 0.1) is 17.8 Å². The fourth-order valence-electron chi connectivity index (χ4n) is 5.18.